The van der Waals surface area contributed by atoms with Crippen LogP contribution in [0.5, 0.6) is 5.75 Å². The fourth-order valence-electron chi connectivity index (χ4n) is 2.93. The summed E-state index contributed by atoms with van der Waals surface area (Å²) in [5, 5.41) is 18.2. The molecule has 1 heterocycles. The van der Waals surface area contributed by atoms with Gasteiger partial charge in [-0.25, -0.2) is 0 Å². The Morgan fingerprint density at radius 3 is 2.46 bits per heavy atom. The Morgan fingerprint density at radius 2 is 1.88 bits per heavy atom. The molecule has 2 N–H and O–H groups in total. The van der Waals surface area contributed by atoms with Crippen LogP contribution in [-0.4, -0.2) is 91.9 Å². The number of likely N-dealkylation sites (N-methyl/N-ethyl adjacent to an activating group) is 1. The fourth-order valence-corrected chi connectivity index (χ4v) is 2.93. The highest BCUT2D eigenvalue weighted by Gasteiger charge is 2.29. The predicted molar refractivity (Wildman–Crippen MR) is 97.5 cm³/mol. The molecule has 0 fully saturated rings. The molecule has 1 aliphatic rings. The van der Waals surface area contributed by atoms with Crippen LogP contribution in [0, 0.1) is 0 Å². The van der Waals surface area contributed by atoms with E-state index in [1.165, 1.54) is 9.80 Å². The van der Waals surface area contributed by atoms with Crippen molar-refractivity contribution in [2.75, 3.05) is 59.0 Å². The highest BCUT2D eigenvalue weighted by atomic mass is 16.5. The van der Waals surface area contributed by atoms with Gasteiger partial charge < -0.3 is 29.6 Å². The molecular weight excluding hydrogens is 338 g/mol. The number of nitrogens with zero attached hydrogens (tertiary/aromatic N) is 3. The van der Waals surface area contributed by atoms with Crippen LogP contribution in [-0.2, 0) is 4.79 Å². The number of rotatable bonds is 7. The van der Waals surface area contributed by atoms with Crippen molar-refractivity contribution < 1.29 is 24.5 Å². The minimum Gasteiger partial charge on any atom is -0.489 e. The number of aliphatic hydroxyl groups excluding tert-OH is 2. The molecule has 1 unspecified atom stereocenters. The van der Waals surface area contributed by atoms with Crippen molar-refractivity contribution in [3.05, 3.63) is 23.8 Å². The summed E-state index contributed by atoms with van der Waals surface area (Å²) < 4.78 is 5.77. The Hall–Kier alpha value is -2.32. The first kappa shape index (κ1) is 20.0. The van der Waals surface area contributed by atoms with Gasteiger partial charge in [-0.15, -0.1) is 0 Å². The first-order chi connectivity index (χ1) is 12.4. The molecule has 1 aliphatic heterocycles. The van der Waals surface area contributed by atoms with Crippen LogP contribution in [0.3, 0.4) is 0 Å². The van der Waals surface area contributed by atoms with E-state index in [2.05, 4.69) is 0 Å². The Balaban J connectivity index is 2.15. The van der Waals surface area contributed by atoms with Gasteiger partial charge in [0.15, 0.2) is 0 Å². The standard InChI is InChI=1S/C18H27N3O5/c1-19(2)18(25)13-4-5-16-15(10-13)20(3)14(12-26-16)11-17(24)21(6-8-22)7-9-23/h4-5,10,14,22-23H,6-9,11-12H2,1-3H3. The molecule has 0 aromatic heterocycles. The summed E-state index contributed by atoms with van der Waals surface area (Å²) in [6, 6.07) is 5.07. The largest absolute Gasteiger partial charge is 0.489 e. The van der Waals surface area contributed by atoms with E-state index in [9.17, 15) is 9.59 Å². The van der Waals surface area contributed by atoms with E-state index in [4.69, 9.17) is 14.9 Å². The van der Waals surface area contributed by atoms with Gasteiger partial charge in [0.1, 0.15) is 12.4 Å². The van der Waals surface area contributed by atoms with Gasteiger partial charge in [-0.05, 0) is 18.2 Å². The minimum atomic E-state index is -0.195. The third kappa shape index (κ3) is 4.44. The molecule has 1 aromatic carbocycles. The number of carbonyl (C=O) groups is 2. The van der Waals surface area contributed by atoms with Crippen LogP contribution in [0.25, 0.3) is 0 Å². The van der Waals surface area contributed by atoms with Gasteiger partial charge in [-0.2, -0.15) is 0 Å². The quantitative estimate of drug-likeness (QED) is 0.694. The van der Waals surface area contributed by atoms with Crippen molar-refractivity contribution in [1.29, 1.82) is 0 Å². The summed E-state index contributed by atoms with van der Waals surface area (Å²) in [6.07, 6.45) is 0.196. The van der Waals surface area contributed by atoms with Crippen molar-refractivity contribution in [2.24, 2.45) is 0 Å². The van der Waals surface area contributed by atoms with Gasteiger partial charge in [-0.1, -0.05) is 0 Å². The Kier molecular flexibility index (Phi) is 6.82. The molecule has 0 aliphatic carbocycles. The topological polar surface area (TPSA) is 93.6 Å². The van der Waals surface area contributed by atoms with Crippen molar-refractivity contribution >= 4 is 17.5 Å². The minimum absolute atomic E-state index is 0.100. The van der Waals surface area contributed by atoms with E-state index in [1.807, 2.05) is 11.9 Å². The monoisotopic (exact) mass is 365 g/mol. The molecule has 2 rings (SSSR count). The first-order valence-corrected chi connectivity index (χ1v) is 8.59. The molecule has 0 spiro atoms. The second kappa shape index (κ2) is 8.86. The van der Waals surface area contributed by atoms with Crippen LogP contribution in [0.1, 0.15) is 16.8 Å². The summed E-state index contributed by atoms with van der Waals surface area (Å²) in [5.74, 6) is 0.420. The molecule has 1 atom stereocenters. The molecule has 2 amide bonds. The Morgan fingerprint density at radius 1 is 1.23 bits per heavy atom. The van der Waals surface area contributed by atoms with Crippen LogP contribution in [0.2, 0.25) is 0 Å². The SMILES string of the molecule is CN(C)C(=O)c1ccc2c(c1)N(C)C(CC(=O)N(CCO)CCO)CO2. The van der Waals surface area contributed by atoms with Crippen LogP contribution in [0.4, 0.5) is 5.69 Å². The first-order valence-electron chi connectivity index (χ1n) is 8.59. The molecular formula is C18H27N3O5. The van der Waals surface area contributed by atoms with Crippen molar-refractivity contribution in [3.63, 3.8) is 0 Å². The smallest absolute Gasteiger partial charge is 0.253 e. The molecule has 26 heavy (non-hydrogen) atoms. The van der Waals surface area contributed by atoms with Gasteiger partial charge in [-0.3, -0.25) is 9.59 Å². The molecule has 144 valence electrons. The fraction of sp³-hybridized carbons (Fsp3) is 0.556. The number of aliphatic hydroxyl groups is 2. The lowest BCUT2D eigenvalue weighted by atomic mass is 10.1. The van der Waals surface area contributed by atoms with Gasteiger partial charge in [0, 0.05) is 39.8 Å². The second-order valence-electron chi connectivity index (χ2n) is 6.49. The zero-order valence-electron chi connectivity index (χ0n) is 15.5. The molecule has 1 aromatic rings. The van der Waals surface area contributed by atoms with Crippen molar-refractivity contribution in [3.8, 4) is 5.75 Å². The van der Waals surface area contributed by atoms with Crippen LogP contribution in [0.15, 0.2) is 18.2 Å². The number of amides is 2. The number of ether oxygens (including phenoxy) is 1. The van der Waals surface area contributed by atoms with E-state index in [-0.39, 0.29) is 50.6 Å². The van der Waals surface area contributed by atoms with Crippen molar-refractivity contribution in [2.45, 2.75) is 12.5 Å². The molecule has 0 saturated heterocycles. The zero-order valence-corrected chi connectivity index (χ0v) is 15.5. The third-order valence-electron chi connectivity index (χ3n) is 4.47. The molecule has 0 saturated carbocycles. The van der Waals surface area contributed by atoms with E-state index in [0.717, 1.165) is 5.69 Å². The molecule has 8 nitrogen and oxygen atoms in total. The lowest BCUT2D eigenvalue weighted by Crippen LogP contribution is -2.45. The Labute approximate surface area is 153 Å². The van der Waals surface area contributed by atoms with E-state index in [0.29, 0.717) is 17.9 Å². The summed E-state index contributed by atoms with van der Waals surface area (Å²) in [7, 11) is 5.26. The number of benzene rings is 1. The number of hydrogen-bond acceptors (Lipinski definition) is 6. The Bertz CT molecular complexity index is 644. The number of carbonyl (C=O) groups excluding carboxylic acids is 2. The highest BCUT2D eigenvalue weighted by Crippen LogP contribution is 2.34. The van der Waals surface area contributed by atoms with Gasteiger partial charge in [0.05, 0.1) is 31.4 Å². The van der Waals surface area contributed by atoms with Crippen molar-refractivity contribution in [1.82, 2.24) is 9.80 Å². The maximum absolute atomic E-state index is 12.5. The maximum Gasteiger partial charge on any atom is 0.253 e. The lowest BCUT2D eigenvalue weighted by Gasteiger charge is -2.36. The van der Waals surface area contributed by atoms with Gasteiger partial charge >= 0.3 is 0 Å². The van der Waals surface area contributed by atoms with Crippen LogP contribution < -0.4 is 9.64 Å². The van der Waals surface area contributed by atoms with E-state index >= 15 is 0 Å². The molecule has 0 bridgehead atoms. The van der Waals surface area contributed by atoms with Gasteiger partial charge in [0.25, 0.3) is 5.91 Å². The summed E-state index contributed by atoms with van der Waals surface area (Å²) in [4.78, 5) is 29.6. The summed E-state index contributed by atoms with van der Waals surface area (Å²) in [5.41, 5.74) is 1.32. The zero-order chi connectivity index (χ0) is 19.3. The number of fused-ring (bicyclic) bond motifs is 1. The van der Waals surface area contributed by atoms with Gasteiger partial charge in [0.2, 0.25) is 5.91 Å². The normalized spacial score (nSPS) is 15.9. The summed E-state index contributed by atoms with van der Waals surface area (Å²) in [6.45, 7) is 0.426. The van der Waals surface area contributed by atoms with E-state index < -0.39 is 0 Å². The average molecular weight is 365 g/mol. The number of anilines is 1. The van der Waals surface area contributed by atoms with E-state index in [1.54, 1.807) is 32.3 Å². The molecule has 8 heteroatoms. The number of hydrogen-bond donors (Lipinski definition) is 2. The lowest BCUT2D eigenvalue weighted by molar-refractivity contribution is -0.132. The maximum atomic E-state index is 12.5. The molecule has 0 radical (unpaired) electrons. The summed E-state index contributed by atoms with van der Waals surface area (Å²) >= 11 is 0. The predicted octanol–water partition coefficient (Wildman–Crippen LogP) is -0.211. The average Bonchev–Trinajstić information content (AvgIpc) is 2.62. The second-order valence-corrected chi connectivity index (χ2v) is 6.49. The highest BCUT2D eigenvalue weighted by molar-refractivity contribution is 5.95. The third-order valence-corrected chi connectivity index (χ3v) is 4.47. The van der Waals surface area contributed by atoms with Crippen LogP contribution >= 0.6 is 0 Å².